The number of nitrogens with zero attached hydrogens (tertiary/aromatic N) is 3. The summed E-state index contributed by atoms with van der Waals surface area (Å²) in [6.45, 7) is 0.408. The monoisotopic (exact) mass is 448 g/mol. The van der Waals surface area contributed by atoms with Crippen LogP contribution in [0, 0.1) is 0 Å². The lowest BCUT2D eigenvalue weighted by molar-refractivity contribution is -0.121. The lowest BCUT2D eigenvalue weighted by Crippen LogP contribution is -2.22. The highest BCUT2D eigenvalue weighted by molar-refractivity contribution is 7.99. The molecule has 164 valence electrons. The van der Waals surface area contributed by atoms with Crippen molar-refractivity contribution < 1.29 is 13.9 Å². The third kappa shape index (κ3) is 5.39. The molecule has 0 aliphatic heterocycles. The number of nitrogens with one attached hydrogen (secondary N) is 1. The second-order valence-electron chi connectivity index (χ2n) is 7.01. The normalized spacial score (nSPS) is 10.8. The summed E-state index contributed by atoms with van der Waals surface area (Å²) in [5.74, 6) is 3.06. The van der Waals surface area contributed by atoms with Crippen LogP contribution in [-0.4, -0.2) is 33.5 Å². The molecular weight excluding hydrogens is 424 g/mol. The van der Waals surface area contributed by atoms with Gasteiger partial charge in [-0.3, -0.25) is 9.36 Å². The van der Waals surface area contributed by atoms with Gasteiger partial charge in [-0.2, -0.15) is 0 Å². The lowest BCUT2D eigenvalue weighted by Gasteiger charge is -2.11. The molecule has 0 unspecified atom stereocenters. The van der Waals surface area contributed by atoms with E-state index in [0.29, 0.717) is 13.0 Å². The van der Waals surface area contributed by atoms with E-state index in [9.17, 15) is 4.79 Å². The highest BCUT2D eigenvalue weighted by Crippen LogP contribution is 2.29. The van der Waals surface area contributed by atoms with E-state index in [1.54, 1.807) is 31.2 Å². The van der Waals surface area contributed by atoms with Crippen LogP contribution in [0.2, 0.25) is 0 Å². The van der Waals surface area contributed by atoms with Crippen LogP contribution in [0.15, 0.2) is 82.6 Å². The van der Waals surface area contributed by atoms with Gasteiger partial charge < -0.3 is 14.5 Å². The quantitative estimate of drug-likeness (QED) is 0.279. The predicted molar refractivity (Wildman–Crippen MR) is 124 cm³/mol. The molecule has 0 aliphatic rings. The average Bonchev–Trinajstić information content (AvgIpc) is 3.51. The van der Waals surface area contributed by atoms with Gasteiger partial charge >= 0.3 is 0 Å². The van der Waals surface area contributed by atoms with Crippen molar-refractivity contribution in [2.75, 3.05) is 12.9 Å². The van der Waals surface area contributed by atoms with Crippen LogP contribution in [0.5, 0.6) is 5.75 Å². The molecule has 8 heteroatoms. The van der Waals surface area contributed by atoms with E-state index in [1.807, 2.05) is 65.2 Å². The fourth-order valence-electron chi connectivity index (χ4n) is 3.19. The summed E-state index contributed by atoms with van der Waals surface area (Å²) in [6, 6.07) is 21.4. The van der Waals surface area contributed by atoms with Crippen LogP contribution in [0.1, 0.15) is 18.6 Å². The Morgan fingerprint density at radius 3 is 2.59 bits per heavy atom. The van der Waals surface area contributed by atoms with Crippen molar-refractivity contribution in [3.63, 3.8) is 0 Å². The maximum Gasteiger partial charge on any atom is 0.220 e. The predicted octanol–water partition coefficient (Wildman–Crippen LogP) is 4.72. The van der Waals surface area contributed by atoms with Crippen molar-refractivity contribution in [3.05, 3.63) is 78.8 Å². The molecule has 0 bridgehead atoms. The largest absolute Gasteiger partial charge is 0.497 e. The molecule has 0 saturated heterocycles. The van der Waals surface area contributed by atoms with Gasteiger partial charge in [0.2, 0.25) is 5.91 Å². The fourth-order valence-corrected chi connectivity index (χ4v) is 4.08. The topological polar surface area (TPSA) is 82.2 Å². The summed E-state index contributed by atoms with van der Waals surface area (Å²) in [7, 11) is 1.65. The molecule has 1 amide bonds. The second-order valence-corrected chi connectivity index (χ2v) is 8.08. The first kappa shape index (κ1) is 21.7. The van der Waals surface area contributed by atoms with E-state index >= 15 is 0 Å². The first-order valence-corrected chi connectivity index (χ1v) is 11.3. The van der Waals surface area contributed by atoms with Gasteiger partial charge in [-0.25, -0.2) is 0 Å². The smallest absolute Gasteiger partial charge is 0.220 e. The molecular formula is C24H24N4O3S. The number of carbonyl (C=O) groups is 1. The number of methoxy groups -OCH3 is 1. The van der Waals surface area contributed by atoms with Crippen molar-refractivity contribution >= 4 is 17.7 Å². The number of furan rings is 1. The number of carbonyl (C=O) groups excluding carboxylic acids is 1. The number of aromatic nitrogens is 3. The molecule has 0 spiro atoms. The van der Waals surface area contributed by atoms with Crippen molar-refractivity contribution in [1.29, 1.82) is 0 Å². The van der Waals surface area contributed by atoms with E-state index in [2.05, 4.69) is 15.5 Å². The maximum atomic E-state index is 12.1. The lowest BCUT2D eigenvalue weighted by atomic mass is 10.2. The number of hydrogen-bond acceptors (Lipinski definition) is 6. The molecule has 0 saturated carbocycles. The zero-order chi connectivity index (χ0) is 22.2. The van der Waals surface area contributed by atoms with Crippen molar-refractivity contribution in [1.82, 2.24) is 20.1 Å². The van der Waals surface area contributed by atoms with Gasteiger partial charge in [-0.1, -0.05) is 42.1 Å². The number of benzene rings is 2. The highest BCUT2D eigenvalue weighted by atomic mass is 32.2. The van der Waals surface area contributed by atoms with Crippen LogP contribution >= 0.6 is 11.8 Å². The Bertz CT molecular complexity index is 1130. The zero-order valence-corrected chi connectivity index (χ0v) is 18.5. The third-order valence-electron chi connectivity index (χ3n) is 4.82. The van der Waals surface area contributed by atoms with Gasteiger partial charge in [0.25, 0.3) is 0 Å². The molecule has 7 nitrogen and oxygen atoms in total. The first-order valence-electron chi connectivity index (χ1n) is 10.3. The van der Waals surface area contributed by atoms with E-state index in [0.717, 1.165) is 45.9 Å². The standard InChI is InChI=1S/C24H24N4O3S/c1-30-20-13-11-19(12-14-20)28-23(18-7-3-2-4-8-18)26-27-24(28)32-16-6-10-22(29)25-17-21-9-5-15-31-21/h2-5,7-9,11-15H,6,10,16-17H2,1H3,(H,25,29). The Morgan fingerprint density at radius 1 is 1.06 bits per heavy atom. The second kappa shape index (κ2) is 10.7. The molecule has 2 heterocycles. The molecule has 0 aliphatic carbocycles. The molecule has 1 N–H and O–H groups in total. The van der Waals surface area contributed by atoms with Gasteiger partial charge in [-0.05, 0) is 42.8 Å². The van der Waals surface area contributed by atoms with Gasteiger partial charge in [0.15, 0.2) is 11.0 Å². The number of amides is 1. The number of thioether (sulfide) groups is 1. The molecule has 0 atom stereocenters. The van der Waals surface area contributed by atoms with Gasteiger partial charge in [0, 0.05) is 23.4 Å². The van der Waals surface area contributed by atoms with E-state index in [1.165, 1.54) is 0 Å². The molecule has 2 aromatic carbocycles. The summed E-state index contributed by atoms with van der Waals surface area (Å²) < 4.78 is 12.6. The summed E-state index contributed by atoms with van der Waals surface area (Å²) in [5, 5.41) is 12.5. The summed E-state index contributed by atoms with van der Waals surface area (Å²) in [6.07, 6.45) is 2.77. The van der Waals surface area contributed by atoms with E-state index in [4.69, 9.17) is 9.15 Å². The van der Waals surface area contributed by atoms with Crippen LogP contribution in [0.4, 0.5) is 0 Å². The summed E-state index contributed by atoms with van der Waals surface area (Å²) in [5.41, 5.74) is 1.94. The minimum atomic E-state index is 0.00333. The average molecular weight is 449 g/mol. The Kier molecular flexibility index (Phi) is 7.24. The van der Waals surface area contributed by atoms with Crippen LogP contribution < -0.4 is 10.1 Å². The molecule has 0 radical (unpaired) electrons. The molecule has 2 aromatic heterocycles. The minimum absolute atomic E-state index is 0.00333. The summed E-state index contributed by atoms with van der Waals surface area (Å²) in [4.78, 5) is 12.1. The molecule has 0 fully saturated rings. The van der Waals surface area contributed by atoms with Crippen LogP contribution in [0.25, 0.3) is 17.1 Å². The Labute approximate surface area is 190 Å². The Morgan fingerprint density at radius 2 is 1.88 bits per heavy atom. The Balaban J connectivity index is 1.42. The molecule has 4 aromatic rings. The van der Waals surface area contributed by atoms with Gasteiger partial charge in [-0.15, -0.1) is 10.2 Å². The first-order chi connectivity index (χ1) is 15.7. The highest BCUT2D eigenvalue weighted by Gasteiger charge is 2.16. The van der Waals surface area contributed by atoms with Crippen LogP contribution in [0.3, 0.4) is 0 Å². The summed E-state index contributed by atoms with van der Waals surface area (Å²) >= 11 is 1.58. The van der Waals surface area contributed by atoms with E-state index < -0.39 is 0 Å². The van der Waals surface area contributed by atoms with Gasteiger partial charge in [0.1, 0.15) is 11.5 Å². The number of hydrogen-bond donors (Lipinski definition) is 1. The minimum Gasteiger partial charge on any atom is -0.497 e. The fraction of sp³-hybridized carbons (Fsp3) is 0.208. The third-order valence-corrected chi connectivity index (χ3v) is 5.83. The zero-order valence-electron chi connectivity index (χ0n) is 17.7. The SMILES string of the molecule is COc1ccc(-n2c(SCCCC(=O)NCc3ccco3)nnc2-c2ccccc2)cc1. The van der Waals surface area contributed by atoms with Crippen LogP contribution in [-0.2, 0) is 11.3 Å². The molecule has 4 rings (SSSR count). The molecule has 32 heavy (non-hydrogen) atoms. The van der Waals surface area contributed by atoms with Crippen molar-refractivity contribution in [3.8, 4) is 22.8 Å². The van der Waals surface area contributed by atoms with Gasteiger partial charge in [0.05, 0.1) is 19.9 Å². The van der Waals surface area contributed by atoms with Crippen molar-refractivity contribution in [2.45, 2.75) is 24.5 Å². The van der Waals surface area contributed by atoms with Crippen molar-refractivity contribution in [2.24, 2.45) is 0 Å². The Hall–Kier alpha value is -3.52. The van der Waals surface area contributed by atoms with E-state index in [-0.39, 0.29) is 5.91 Å². The maximum absolute atomic E-state index is 12.1. The number of rotatable bonds is 10. The number of ether oxygens (including phenoxy) is 1.